The number of ether oxygens (including phenoxy) is 3. The van der Waals surface area contributed by atoms with Gasteiger partial charge in [-0.2, -0.15) is 0 Å². The molecule has 0 aromatic heterocycles. The molecule has 1 N–H and O–H groups in total. The van der Waals surface area contributed by atoms with Crippen molar-refractivity contribution in [2.24, 2.45) is 0 Å². The van der Waals surface area contributed by atoms with E-state index in [0.717, 1.165) is 5.56 Å². The van der Waals surface area contributed by atoms with E-state index in [1.54, 1.807) is 25.7 Å². The molecule has 29 heavy (non-hydrogen) atoms. The van der Waals surface area contributed by atoms with E-state index in [4.69, 9.17) is 14.2 Å². The van der Waals surface area contributed by atoms with Gasteiger partial charge in [-0.15, -0.1) is 0 Å². The van der Waals surface area contributed by atoms with Gasteiger partial charge in [-0.1, -0.05) is 30.3 Å². The lowest BCUT2D eigenvalue weighted by Crippen LogP contribution is -2.57. The molecule has 1 aliphatic rings. The van der Waals surface area contributed by atoms with Crippen molar-refractivity contribution in [2.45, 2.75) is 57.8 Å². The third-order valence-corrected chi connectivity index (χ3v) is 4.66. The summed E-state index contributed by atoms with van der Waals surface area (Å²) in [5.41, 5.74) is -0.575. The van der Waals surface area contributed by atoms with Crippen LogP contribution in [0.3, 0.4) is 0 Å². The number of piperidine rings is 1. The summed E-state index contributed by atoms with van der Waals surface area (Å²) in [6.07, 6.45) is -0.224. The highest BCUT2D eigenvalue weighted by Crippen LogP contribution is 2.27. The largest absolute Gasteiger partial charge is 0.469 e. The Morgan fingerprint density at radius 3 is 2.28 bits per heavy atom. The number of likely N-dealkylation sites (tertiary alicyclic amines) is 1. The molecular weight excluding hydrogens is 376 g/mol. The Balaban J connectivity index is 1.95. The number of nitrogens with one attached hydrogen (secondary N) is 1. The Morgan fingerprint density at radius 2 is 1.72 bits per heavy atom. The zero-order valence-corrected chi connectivity index (χ0v) is 17.5. The second kappa shape index (κ2) is 9.62. The maximum absolute atomic E-state index is 12.4. The standard InChI is InChI=1S/C21H30N2O6/c1-20(2,3)29-18(25)22-21(14-17(24)27-4)10-12-23(13-11-21)19(26)28-15-16-8-6-5-7-9-16/h5-9H,10-15H2,1-4H3,(H,22,25). The van der Waals surface area contributed by atoms with Crippen molar-refractivity contribution in [1.29, 1.82) is 0 Å². The molecule has 1 heterocycles. The molecule has 1 aromatic carbocycles. The van der Waals surface area contributed by atoms with Crippen molar-refractivity contribution < 1.29 is 28.6 Å². The van der Waals surface area contributed by atoms with Crippen molar-refractivity contribution in [2.75, 3.05) is 20.2 Å². The summed E-state index contributed by atoms with van der Waals surface area (Å²) in [7, 11) is 1.31. The number of esters is 1. The fourth-order valence-corrected chi connectivity index (χ4v) is 3.14. The summed E-state index contributed by atoms with van der Waals surface area (Å²) < 4.78 is 15.5. The van der Waals surface area contributed by atoms with E-state index in [9.17, 15) is 14.4 Å². The van der Waals surface area contributed by atoms with Crippen LogP contribution < -0.4 is 5.32 Å². The van der Waals surface area contributed by atoms with Crippen molar-refractivity contribution in [3.63, 3.8) is 0 Å². The minimum Gasteiger partial charge on any atom is -0.469 e. The van der Waals surface area contributed by atoms with Crippen molar-refractivity contribution in [1.82, 2.24) is 10.2 Å². The maximum atomic E-state index is 12.4. The van der Waals surface area contributed by atoms with Gasteiger partial charge in [-0.05, 0) is 39.2 Å². The molecular formula is C21H30N2O6. The average molecular weight is 406 g/mol. The fraction of sp³-hybridized carbons (Fsp3) is 0.571. The first-order valence-electron chi connectivity index (χ1n) is 9.66. The van der Waals surface area contributed by atoms with E-state index >= 15 is 0 Å². The molecule has 0 bridgehead atoms. The minimum absolute atomic E-state index is 0.00957. The van der Waals surface area contributed by atoms with Gasteiger partial charge in [0.25, 0.3) is 0 Å². The number of nitrogens with zero attached hydrogens (tertiary/aromatic N) is 1. The van der Waals surface area contributed by atoms with Gasteiger partial charge in [0.05, 0.1) is 19.1 Å². The third-order valence-electron chi connectivity index (χ3n) is 4.66. The van der Waals surface area contributed by atoms with Gasteiger partial charge >= 0.3 is 18.2 Å². The predicted octanol–water partition coefficient (Wildman–Crippen LogP) is 3.25. The van der Waals surface area contributed by atoms with Crippen LogP contribution in [0.4, 0.5) is 9.59 Å². The van der Waals surface area contributed by atoms with Crippen LogP contribution in [0.2, 0.25) is 0 Å². The lowest BCUT2D eigenvalue weighted by molar-refractivity contribution is -0.142. The Labute approximate surface area is 171 Å². The van der Waals surface area contributed by atoms with Gasteiger partial charge in [0.2, 0.25) is 0 Å². The number of hydrogen-bond acceptors (Lipinski definition) is 6. The van der Waals surface area contributed by atoms with Gasteiger partial charge in [-0.25, -0.2) is 9.59 Å². The molecule has 160 valence electrons. The Kier molecular flexibility index (Phi) is 7.47. The highest BCUT2D eigenvalue weighted by Gasteiger charge is 2.40. The lowest BCUT2D eigenvalue weighted by atomic mass is 9.84. The smallest absolute Gasteiger partial charge is 0.410 e. The number of rotatable bonds is 5. The quantitative estimate of drug-likeness (QED) is 0.596. The van der Waals surface area contributed by atoms with Crippen LogP contribution in [0.1, 0.15) is 45.6 Å². The fourth-order valence-electron chi connectivity index (χ4n) is 3.14. The van der Waals surface area contributed by atoms with E-state index < -0.39 is 29.3 Å². The molecule has 0 spiro atoms. The third kappa shape index (κ3) is 7.29. The van der Waals surface area contributed by atoms with Crippen molar-refractivity contribution in [3.8, 4) is 0 Å². The topological polar surface area (TPSA) is 94.2 Å². The average Bonchev–Trinajstić information content (AvgIpc) is 2.65. The van der Waals surface area contributed by atoms with E-state index in [2.05, 4.69) is 5.32 Å². The zero-order chi connectivity index (χ0) is 21.5. The van der Waals surface area contributed by atoms with Crippen LogP contribution in [-0.4, -0.2) is 54.4 Å². The lowest BCUT2D eigenvalue weighted by Gasteiger charge is -2.41. The number of carbonyl (C=O) groups excluding carboxylic acids is 3. The van der Waals surface area contributed by atoms with E-state index in [0.29, 0.717) is 25.9 Å². The molecule has 1 aromatic rings. The zero-order valence-electron chi connectivity index (χ0n) is 17.5. The van der Waals surface area contributed by atoms with Gasteiger partial charge in [0.15, 0.2) is 0 Å². The Hall–Kier alpha value is -2.77. The maximum Gasteiger partial charge on any atom is 0.410 e. The van der Waals surface area contributed by atoms with Gasteiger partial charge in [0.1, 0.15) is 12.2 Å². The van der Waals surface area contributed by atoms with Crippen LogP contribution >= 0.6 is 0 Å². The number of methoxy groups -OCH3 is 1. The molecule has 8 heteroatoms. The number of amides is 2. The summed E-state index contributed by atoms with van der Waals surface area (Å²) in [4.78, 5) is 38.1. The molecule has 2 amide bonds. The molecule has 1 fully saturated rings. The Bertz CT molecular complexity index is 706. The van der Waals surface area contributed by atoms with Crippen LogP contribution in [0.5, 0.6) is 0 Å². The monoisotopic (exact) mass is 406 g/mol. The summed E-state index contributed by atoms with van der Waals surface area (Å²) in [6, 6.07) is 9.43. The first kappa shape index (κ1) is 22.5. The molecule has 8 nitrogen and oxygen atoms in total. The molecule has 1 aliphatic heterocycles. The summed E-state index contributed by atoms with van der Waals surface area (Å²) in [5.74, 6) is -0.429. The molecule has 2 rings (SSSR count). The molecule has 1 saturated heterocycles. The van der Waals surface area contributed by atoms with Crippen LogP contribution in [0.25, 0.3) is 0 Å². The molecule has 0 saturated carbocycles. The van der Waals surface area contributed by atoms with E-state index in [1.807, 2.05) is 30.3 Å². The summed E-state index contributed by atoms with van der Waals surface area (Å²) >= 11 is 0. The molecule has 0 aliphatic carbocycles. The number of carbonyl (C=O) groups is 3. The minimum atomic E-state index is -0.828. The highest BCUT2D eigenvalue weighted by molar-refractivity contribution is 5.74. The van der Waals surface area contributed by atoms with E-state index in [1.165, 1.54) is 7.11 Å². The first-order valence-corrected chi connectivity index (χ1v) is 9.66. The molecule has 0 atom stereocenters. The normalized spacial score (nSPS) is 15.9. The Morgan fingerprint density at radius 1 is 1.10 bits per heavy atom. The second-order valence-corrected chi connectivity index (χ2v) is 8.19. The second-order valence-electron chi connectivity index (χ2n) is 8.19. The SMILES string of the molecule is COC(=O)CC1(NC(=O)OC(C)(C)C)CCN(C(=O)OCc2ccccc2)CC1. The van der Waals surface area contributed by atoms with Crippen molar-refractivity contribution >= 4 is 18.2 Å². The van der Waals surface area contributed by atoms with Crippen LogP contribution in [0, 0.1) is 0 Å². The number of hydrogen-bond donors (Lipinski definition) is 1. The van der Waals surface area contributed by atoms with Crippen molar-refractivity contribution in [3.05, 3.63) is 35.9 Å². The van der Waals surface area contributed by atoms with Gasteiger partial charge in [-0.3, -0.25) is 4.79 Å². The summed E-state index contributed by atoms with van der Waals surface area (Å²) in [6.45, 7) is 6.20. The molecule has 0 unspecified atom stereocenters. The highest BCUT2D eigenvalue weighted by atomic mass is 16.6. The van der Waals surface area contributed by atoms with E-state index in [-0.39, 0.29) is 13.0 Å². The predicted molar refractivity (Wildman–Crippen MR) is 106 cm³/mol. The number of alkyl carbamates (subject to hydrolysis) is 1. The van der Waals surface area contributed by atoms with Gasteiger partial charge < -0.3 is 24.4 Å². The van der Waals surface area contributed by atoms with Crippen LogP contribution in [-0.2, 0) is 25.6 Å². The molecule has 0 radical (unpaired) electrons. The summed E-state index contributed by atoms with van der Waals surface area (Å²) in [5, 5.41) is 2.83. The number of benzene rings is 1. The van der Waals surface area contributed by atoms with Gasteiger partial charge in [0, 0.05) is 13.1 Å². The van der Waals surface area contributed by atoms with Crippen LogP contribution in [0.15, 0.2) is 30.3 Å². The first-order chi connectivity index (χ1) is 13.6.